The molecule has 0 radical (unpaired) electrons. The van der Waals surface area contributed by atoms with Crippen LogP contribution in [0.25, 0.3) is 0 Å². The zero-order chi connectivity index (χ0) is 26.6. The molecule has 0 aliphatic rings. The number of alkyl carbamates (subject to hydrolysis) is 1. The summed E-state index contributed by atoms with van der Waals surface area (Å²) in [5.74, 6) is -1.20. The third-order valence-electron chi connectivity index (χ3n) is 5.75. The highest BCUT2D eigenvalue weighted by molar-refractivity contribution is 5.91. The number of carbonyl (C=O) groups excluding carboxylic acids is 3. The summed E-state index contributed by atoms with van der Waals surface area (Å²) < 4.78 is 10.9. The van der Waals surface area contributed by atoms with Crippen LogP contribution in [0.5, 0.6) is 0 Å². The van der Waals surface area contributed by atoms with E-state index in [-0.39, 0.29) is 13.2 Å². The molecule has 0 heterocycles. The summed E-state index contributed by atoms with van der Waals surface area (Å²) in [6, 6.07) is 33.9. The fourth-order valence-electron chi connectivity index (χ4n) is 3.79. The van der Waals surface area contributed by atoms with Crippen molar-refractivity contribution in [3.63, 3.8) is 0 Å². The van der Waals surface area contributed by atoms with Crippen LogP contribution in [0.4, 0.5) is 4.79 Å². The highest BCUT2D eigenvalue weighted by atomic mass is 16.5. The Hall–Kier alpha value is -4.91. The molecule has 2 atom stereocenters. The van der Waals surface area contributed by atoms with E-state index >= 15 is 0 Å². The van der Waals surface area contributed by atoms with Gasteiger partial charge in [-0.1, -0.05) is 121 Å². The van der Waals surface area contributed by atoms with Crippen LogP contribution in [-0.2, 0) is 32.3 Å². The molecule has 0 unspecified atom stereocenters. The molecule has 0 saturated carbocycles. The topological polar surface area (TPSA) is 93.7 Å². The van der Waals surface area contributed by atoms with E-state index in [0.717, 1.165) is 11.1 Å². The van der Waals surface area contributed by atoms with Crippen molar-refractivity contribution in [2.75, 3.05) is 0 Å². The predicted octanol–water partition coefficient (Wildman–Crippen LogP) is 5.26. The van der Waals surface area contributed by atoms with E-state index in [0.29, 0.717) is 11.1 Å². The molecule has 0 saturated heterocycles. The highest BCUT2D eigenvalue weighted by Gasteiger charge is 2.30. The monoisotopic (exact) mass is 508 g/mol. The van der Waals surface area contributed by atoms with E-state index in [1.165, 1.54) is 0 Å². The molecule has 0 aliphatic heterocycles. The second-order valence-corrected chi connectivity index (χ2v) is 8.50. The third kappa shape index (κ3) is 7.54. The summed E-state index contributed by atoms with van der Waals surface area (Å²) in [5, 5.41) is 5.39. The molecule has 4 aromatic carbocycles. The average Bonchev–Trinajstić information content (AvgIpc) is 2.98. The zero-order valence-corrected chi connectivity index (χ0v) is 20.7. The van der Waals surface area contributed by atoms with Gasteiger partial charge in [-0.05, 0) is 22.3 Å². The molecule has 4 rings (SSSR count). The van der Waals surface area contributed by atoms with E-state index in [1.54, 1.807) is 54.6 Å². The second kappa shape index (κ2) is 13.4. The summed E-state index contributed by atoms with van der Waals surface area (Å²) in [4.78, 5) is 39.3. The molecule has 2 amide bonds. The van der Waals surface area contributed by atoms with Crippen LogP contribution in [0.3, 0.4) is 0 Å². The fourth-order valence-corrected chi connectivity index (χ4v) is 3.79. The summed E-state index contributed by atoms with van der Waals surface area (Å²) >= 11 is 0. The Bertz CT molecular complexity index is 1320. The molecule has 7 heteroatoms. The third-order valence-corrected chi connectivity index (χ3v) is 5.75. The van der Waals surface area contributed by atoms with Gasteiger partial charge in [-0.25, -0.2) is 9.59 Å². The molecule has 38 heavy (non-hydrogen) atoms. The first-order valence-electron chi connectivity index (χ1n) is 12.2. The number of amides is 2. The number of rotatable bonds is 10. The first kappa shape index (κ1) is 26.2. The zero-order valence-electron chi connectivity index (χ0n) is 20.7. The minimum atomic E-state index is -1.10. The molecule has 0 aromatic heterocycles. The second-order valence-electron chi connectivity index (χ2n) is 8.50. The lowest BCUT2D eigenvalue weighted by Crippen LogP contribution is -2.44. The Kier molecular flexibility index (Phi) is 9.23. The van der Waals surface area contributed by atoms with Crippen LogP contribution >= 0.6 is 0 Å². The van der Waals surface area contributed by atoms with Gasteiger partial charge in [0.1, 0.15) is 19.3 Å². The number of hydrogen-bond donors (Lipinski definition) is 2. The number of esters is 1. The normalized spacial score (nSPS) is 12.0. The van der Waals surface area contributed by atoms with Gasteiger partial charge in [0.25, 0.3) is 0 Å². The number of ether oxygens (including phenoxy) is 2. The van der Waals surface area contributed by atoms with Crippen LogP contribution in [0.15, 0.2) is 121 Å². The molecule has 192 valence electrons. The Labute approximate surface area is 221 Å². The van der Waals surface area contributed by atoms with E-state index in [2.05, 4.69) is 10.6 Å². The van der Waals surface area contributed by atoms with E-state index < -0.39 is 30.1 Å². The van der Waals surface area contributed by atoms with Crippen molar-refractivity contribution < 1.29 is 23.9 Å². The standard InChI is InChI=1S/C31H28N2O5/c34-29(27(25-17-9-3-10-18-25)33-31(36)38-22-24-15-7-2-8-16-24)32-28(26-19-11-4-12-20-26)30(35)37-21-23-13-5-1-6-14-23/h1-20,27-28H,21-22H2,(H,32,34)(H,33,36)/t27-,28+/m1/s1. The van der Waals surface area contributed by atoms with Gasteiger partial charge in [-0.2, -0.15) is 0 Å². The lowest BCUT2D eigenvalue weighted by Gasteiger charge is -2.23. The van der Waals surface area contributed by atoms with E-state index in [1.807, 2.05) is 66.7 Å². The number of carbonyl (C=O) groups is 3. The summed E-state index contributed by atoms with van der Waals surface area (Å²) in [6.07, 6.45) is -0.763. The van der Waals surface area contributed by atoms with E-state index in [4.69, 9.17) is 9.47 Å². The summed E-state index contributed by atoms with van der Waals surface area (Å²) in [6.45, 7) is 0.110. The van der Waals surface area contributed by atoms with Crippen LogP contribution in [0.2, 0.25) is 0 Å². The lowest BCUT2D eigenvalue weighted by molar-refractivity contribution is -0.149. The van der Waals surface area contributed by atoms with Crippen molar-refractivity contribution >= 4 is 18.0 Å². The number of hydrogen-bond acceptors (Lipinski definition) is 5. The molecule has 0 spiro atoms. The van der Waals surface area contributed by atoms with Crippen LogP contribution in [-0.4, -0.2) is 18.0 Å². The van der Waals surface area contributed by atoms with Gasteiger partial charge in [-0.3, -0.25) is 4.79 Å². The Balaban J connectivity index is 1.49. The van der Waals surface area contributed by atoms with Gasteiger partial charge in [0.05, 0.1) is 0 Å². The predicted molar refractivity (Wildman–Crippen MR) is 143 cm³/mol. The quantitative estimate of drug-likeness (QED) is 0.285. The van der Waals surface area contributed by atoms with Crippen molar-refractivity contribution in [3.8, 4) is 0 Å². The maximum Gasteiger partial charge on any atom is 0.408 e. The maximum absolute atomic E-state index is 13.5. The van der Waals surface area contributed by atoms with Gasteiger partial charge >= 0.3 is 12.1 Å². The molecule has 0 aliphatic carbocycles. The van der Waals surface area contributed by atoms with Crippen molar-refractivity contribution in [2.45, 2.75) is 25.3 Å². The fraction of sp³-hybridized carbons (Fsp3) is 0.129. The highest BCUT2D eigenvalue weighted by Crippen LogP contribution is 2.20. The Morgan fingerprint density at radius 2 is 0.947 bits per heavy atom. The average molecular weight is 509 g/mol. The molecule has 2 N–H and O–H groups in total. The van der Waals surface area contributed by atoms with Crippen molar-refractivity contribution in [3.05, 3.63) is 144 Å². The molecular formula is C31H28N2O5. The van der Waals surface area contributed by atoms with Crippen molar-refractivity contribution in [2.24, 2.45) is 0 Å². The van der Waals surface area contributed by atoms with Gasteiger partial charge in [0.15, 0.2) is 6.04 Å². The first-order chi connectivity index (χ1) is 18.6. The summed E-state index contributed by atoms with van der Waals surface area (Å²) in [5.41, 5.74) is 2.72. The number of nitrogens with one attached hydrogen (secondary N) is 2. The van der Waals surface area contributed by atoms with Crippen molar-refractivity contribution in [1.82, 2.24) is 10.6 Å². The van der Waals surface area contributed by atoms with Crippen LogP contribution < -0.4 is 10.6 Å². The molecule has 0 bridgehead atoms. The van der Waals surface area contributed by atoms with Gasteiger partial charge in [0.2, 0.25) is 5.91 Å². The Morgan fingerprint density at radius 1 is 0.526 bits per heavy atom. The number of benzene rings is 4. The van der Waals surface area contributed by atoms with Crippen LogP contribution in [0, 0.1) is 0 Å². The van der Waals surface area contributed by atoms with Gasteiger partial charge < -0.3 is 20.1 Å². The minimum absolute atomic E-state index is 0.0499. The lowest BCUT2D eigenvalue weighted by atomic mass is 10.0. The van der Waals surface area contributed by atoms with Crippen molar-refractivity contribution in [1.29, 1.82) is 0 Å². The van der Waals surface area contributed by atoms with Gasteiger partial charge in [-0.15, -0.1) is 0 Å². The maximum atomic E-state index is 13.5. The largest absolute Gasteiger partial charge is 0.459 e. The van der Waals surface area contributed by atoms with E-state index in [9.17, 15) is 14.4 Å². The Morgan fingerprint density at radius 3 is 1.45 bits per heavy atom. The summed E-state index contributed by atoms with van der Waals surface area (Å²) in [7, 11) is 0. The van der Waals surface area contributed by atoms with Gasteiger partial charge in [0, 0.05) is 0 Å². The SMILES string of the molecule is O=C(N[C@@H](C(=O)N[C@H](C(=O)OCc1ccccc1)c1ccccc1)c1ccccc1)OCc1ccccc1. The minimum Gasteiger partial charge on any atom is -0.459 e. The molecule has 4 aromatic rings. The smallest absolute Gasteiger partial charge is 0.408 e. The van der Waals surface area contributed by atoms with Crippen LogP contribution in [0.1, 0.15) is 34.3 Å². The molecule has 7 nitrogen and oxygen atoms in total. The molecule has 0 fully saturated rings. The molecular weight excluding hydrogens is 480 g/mol. The first-order valence-corrected chi connectivity index (χ1v) is 12.2.